The number of benzene rings is 1. The summed E-state index contributed by atoms with van der Waals surface area (Å²) in [6, 6.07) is 6.97. The fraction of sp³-hybridized carbons (Fsp3) is 0.167. The van der Waals surface area contributed by atoms with Crippen LogP contribution in [0.2, 0.25) is 5.02 Å². The average molecular weight is 250 g/mol. The Kier molecular flexibility index (Phi) is 3.15. The Labute approximate surface area is 104 Å². The molecular weight excluding hydrogens is 238 g/mol. The van der Waals surface area contributed by atoms with Gasteiger partial charge in [-0.3, -0.25) is 0 Å². The molecule has 0 aliphatic carbocycles. The predicted octanol–water partition coefficient (Wildman–Crippen LogP) is 3.12. The summed E-state index contributed by atoms with van der Waals surface area (Å²) in [4.78, 5) is 8.12. The second kappa shape index (κ2) is 4.59. The number of nitrogens with two attached hydrogens (primary N) is 1. The van der Waals surface area contributed by atoms with Gasteiger partial charge in [0.2, 0.25) is 5.88 Å². The van der Waals surface area contributed by atoms with Crippen molar-refractivity contribution < 1.29 is 4.74 Å². The number of ether oxygens (including phenoxy) is 1. The second-order valence-electron chi connectivity index (χ2n) is 3.69. The fourth-order valence-corrected chi connectivity index (χ4v) is 1.68. The van der Waals surface area contributed by atoms with Gasteiger partial charge in [0.05, 0.1) is 0 Å². The Bertz CT molecular complexity index is 537. The zero-order valence-electron chi connectivity index (χ0n) is 9.57. The minimum atomic E-state index is 0.388. The van der Waals surface area contributed by atoms with Crippen molar-refractivity contribution in [3.8, 4) is 11.6 Å². The van der Waals surface area contributed by atoms with Crippen LogP contribution in [-0.4, -0.2) is 9.97 Å². The number of nitrogen functional groups attached to an aromatic ring is 1. The molecular formula is C12H12ClN3O. The van der Waals surface area contributed by atoms with Gasteiger partial charge in [0.25, 0.3) is 0 Å². The minimum absolute atomic E-state index is 0.388. The summed E-state index contributed by atoms with van der Waals surface area (Å²) in [5, 5.41) is 0.674. The van der Waals surface area contributed by atoms with E-state index in [4.69, 9.17) is 22.1 Å². The summed E-state index contributed by atoms with van der Waals surface area (Å²) in [6.45, 7) is 3.68. The first kappa shape index (κ1) is 11.7. The highest BCUT2D eigenvalue weighted by Gasteiger charge is 2.05. The van der Waals surface area contributed by atoms with Crippen LogP contribution in [-0.2, 0) is 0 Å². The molecule has 0 amide bonds. The van der Waals surface area contributed by atoms with Crippen LogP contribution in [0.15, 0.2) is 24.3 Å². The Morgan fingerprint density at radius 1 is 1.18 bits per heavy atom. The van der Waals surface area contributed by atoms with Gasteiger partial charge in [-0.05, 0) is 37.6 Å². The van der Waals surface area contributed by atoms with E-state index < -0.39 is 0 Å². The number of aryl methyl sites for hydroxylation is 2. The number of rotatable bonds is 2. The van der Waals surface area contributed by atoms with Crippen LogP contribution < -0.4 is 10.5 Å². The number of anilines is 1. The molecule has 88 valence electrons. The van der Waals surface area contributed by atoms with Gasteiger partial charge in [-0.25, -0.2) is 4.98 Å². The first-order chi connectivity index (χ1) is 8.04. The normalized spacial score (nSPS) is 10.3. The Morgan fingerprint density at radius 3 is 2.59 bits per heavy atom. The van der Waals surface area contributed by atoms with Crippen LogP contribution in [0.5, 0.6) is 11.6 Å². The number of nitrogens with zero attached hydrogens (tertiary/aromatic N) is 2. The molecule has 0 unspecified atom stereocenters. The lowest BCUT2D eigenvalue weighted by Gasteiger charge is -2.08. The van der Waals surface area contributed by atoms with E-state index in [9.17, 15) is 0 Å². The molecule has 2 aromatic rings. The lowest BCUT2D eigenvalue weighted by Crippen LogP contribution is -1.98. The minimum Gasteiger partial charge on any atom is -0.439 e. The van der Waals surface area contributed by atoms with E-state index in [0.717, 1.165) is 5.56 Å². The highest BCUT2D eigenvalue weighted by atomic mass is 35.5. The molecule has 0 saturated heterocycles. The Balaban J connectivity index is 2.31. The molecule has 0 atom stereocenters. The molecule has 0 aliphatic heterocycles. The van der Waals surface area contributed by atoms with Gasteiger partial charge < -0.3 is 10.5 Å². The van der Waals surface area contributed by atoms with E-state index in [-0.39, 0.29) is 0 Å². The topological polar surface area (TPSA) is 61.0 Å². The van der Waals surface area contributed by atoms with E-state index >= 15 is 0 Å². The van der Waals surface area contributed by atoms with Crippen molar-refractivity contribution in [2.45, 2.75) is 13.8 Å². The zero-order chi connectivity index (χ0) is 12.4. The van der Waals surface area contributed by atoms with Gasteiger partial charge in [0, 0.05) is 11.1 Å². The van der Waals surface area contributed by atoms with Crippen molar-refractivity contribution >= 4 is 17.4 Å². The van der Waals surface area contributed by atoms with Gasteiger partial charge in [0.15, 0.2) is 0 Å². The molecule has 17 heavy (non-hydrogen) atoms. The largest absolute Gasteiger partial charge is 0.439 e. The molecule has 0 fully saturated rings. The summed E-state index contributed by atoms with van der Waals surface area (Å²) in [5.74, 6) is 2.10. The molecule has 5 heteroatoms. The predicted molar refractivity (Wildman–Crippen MR) is 67.4 cm³/mol. The van der Waals surface area contributed by atoms with E-state index in [0.29, 0.717) is 28.3 Å². The lowest BCUT2D eigenvalue weighted by atomic mass is 10.2. The molecule has 2 rings (SSSR count). The first-order valence-electron chi connectivity index (χ1n) is 5.10. The van der Waals surface area contributed by atoms with Gasteiger partial charge >= 0.3 is 0 Å². The van der Waals surface area contributed by atoms with Crippen molar-refractivity contribution in [3.05, 3.63) is 40.7 Å². The average Bonchev–Trinajstić information content (AvgIpc) is 2.21. The first-order valence-corrected chi connectivity index (χ1v) is 5.47. The van der Waals surface area contributed by atoms with Crippen molar-refractivity contribution in [1.29, 1.82) is 0 Å². The highest BCUT2D eigenvalue weighted by Crippen LogP contribution is 2.26. The van der Waals surface area contributed by atoms with Crippen LogP contribution in [0.4, 0.5) is 5.82 Å². The third-order valence-electron chi connectivity index (χ3n) is 2.19. The number of aromatic nitrogens is 2. The third kappa shape index (κ3) is 2.85. The van der Waals surface area contributed by atoms with E-state index in [1.54, 1.807) is 25.1 Å². The monoisotopic (exact) mass is 249 g/mol. The molecule has 1 heterocycles. The van der Waals surface area contributed by atoms with E-state index in [1.165, 1.54) is 0 Å². The highest BCUT2D eigenvalue weighted by molar-refractivity contribution is 6.30. The van der Waals surface area contributed by atoms with E-state index in [2.05, 4.69) is 9.97 Å². The quantitative estimate of drug-likeness (QED) is 0.888. The smallest absolute Gasteiger partial charge is 0.224 e. The van der Waals surface area contributed by atoms with Crippen molar-refractivity contribution in [2.24, 2.45) is 0 Å². The molecule has 0 aliphatic rings. The van der Waals surface area contributed by atoms with Gasteiger partial charge in [-0.1, -0.05) is 11.6 Å². The molecule has 4 nitrogen and oxygen atoms in total. The van der Waals surface area contributed by atoms with Crippen LogP contribution in [0.25, 0.3) is 0 Å². The molecule has 0 radical (unpaired) electrons. The third-order valence-corrected chi connectivity index (χ3v) is 2.42. The maximum atomic E-state index is 5.87. The molecule has 1 aromatic heterocycles. The number of hydrogen-bond donors (Lipinski definition) is 1. The summed E-state index contributed by atoms with van der Waals surface area (Å²) in [7, 11) is 0. The van der Waals surface area contributed by atoms with E-state index in [1.807, 2.05) is 13.0 Å². The van der Waals surface area contributed by atoms with Crippen LogP contribution >= 0.6 is 11.6 Å². The molecule has 0 saturated carbocycles. The van der Waals surface area contributed by atoms with Crippen LogP contribution in [0, 0.1) is 13.8 Å². The molecule has 2 N–H and O–H groups in total. The summed E-state index contributed by atoms with van der Waals surface area (Å²) in [6.07, 6.45) is 0. The SMILES string of the molecule is Cc1nc(N)cc(Oc2ccc(Cl)cc2C)n1. The van der Waals surface area contributed by atoms with Crippen LogP contribution in [0.3, 0.4) is 0 Å². The summed E-state index contributed by atoms with van der Waals surface area (Å²) >= 11 is 5.87. The standard InChI is InChI=1S/C12H12ClN3O/c1-7-5-9(13)3-4-10(7)17-12-6-11(14)15-8(2)16-12/h3-6H,1-2H3,(H2,14,15,16). The van der Waals surface area contributed by atoms with Gasteiger partial charge in [-0.2, -0.15) is 4.98 Å². The van der Waals surface area contributed by atoms with Gasteiger partial charge in [0.1, 0.15) is 17.4 Å². The fourth-order valence-electron chi connectivity index (χ4n) is 1.45. The lowest BCUT2D eigenvalue weighted by molar-refractivity contribution is 0.457. The number of halogens is 1. The van der Waals surface area contributed by atoms with Crippen molar-refractivity contribution in [1.82, 2.24) is 9.97 Å². The van der Waals surface area contributed by atoms with Crippen LogP contribution in [0.1, 0.15) is 11.4 Å². The Morgan fingerprint density at radius 2 is 1.94 bits per heavy atom. The summed E-state index contributed by atoms with van der Waals surface area (Å²) in [5.41, 5.74) is 6.56. The molecule has 1 aromatic carbocycles. The maximum Gasteiger partial charge on any atom is 0.224 e. The maximum absolute atomic E-state index is 5.87. The van der Waals surface area contributed by atoms with Crippen molar-refractivity contribution in [3.63, 3.8) is 0 Å². The second-order valence-corrected chi connectivity index (χ2v) is 4.13. The molecule has 0 spiro atoms. The summed E-state index contributed by atoms with van der Waals surface area (Å²) < 4.78 is 5.64. The zero-order valence-corrected chi connectivity index (χ0v) is 10.3. The Hall–Kier alpha value is -1.81. The van der Waals surface area contributed by atoms with Gasteiger partial charge in [-0.15, -0.1) is 0 Å². The molecule has 0 bridgehead atoms. The van der Waals surface area contributed by atoms with Crippen molar-refractivity contribution in [2.75, 3.05) is 5.73 Å². The number of hydrogen-bond acceptors (Lipinski definition) is 4.